The van der Waals surface area contributed by atoms with Gasteiger partial charge in [0.1, 0.15) is 0 Å². The molecular formula is C15H20F2O2. The Hall–Kier alpha value is -1.26. The van der Waals surface area contributed by atoms with Crippen LogP contribution in [0.2, 0.25) is 0 Å². The second kappa shape index (κ2) is 7.36. The summed E-state index contributed by atoms with van der Waals surface area (Å²) in [5.74, 6) is -1.74. The highest BCUT2D eigenvalue weighted by Gasteiger charge is 2.11. The van der Waals surface area contributed by atoms with E-state index < -0.39 is 17.9 Å². The van der Waals surface area contributed by atoms with Crippen molar-refractivity contribution in [1.29, 1.82) is 0 Å². The van der Waals surface area contributed by atoms with Gasteiger partial charge in [0, 0.05) is 5.56 Å². The molecule has 0 spiro atoms. The molecule has 0 fully saturated rings. The van der Waals surface area contributed by atoms with E-state index in [1.807, 2.05) is 27.7 Å². The molecule has 0 aliphatic heterocycles. The van der Waals surface area contributed by atoms with E-state index in [9.17, 15) is 8.78 Å². The van der Waals surface area contributed by atoms with Crippen LogP contribution in [0.15, 0.2) is 24.3 Å². The summed E-state index contributed by atoms with van der Waals surface area (Å²) in [5.41, 5.74) is 0.171. The summed E-state index contributed by atoms with van der Waals surface area (Å²) in [6.45, 7) is 7.53. The number of hydrogen-bond acceptors (Lipinski definition) is 2. The third-order valence-corrected chi connectivity index (χ3v) is 2.23. The molecular weight excluding hydrogens is 250 g/mol. The van der Waals surface area contributed by atoms with Crippen molar-refractivity contribution in [2.45, 2.75) is 46.2 Å². The van der Waals surface area contributed by atoms with Gasteiger partial charge in [-0.25, -0.2) is 8.78 Å². The standard InChI is InChI=1S/C15H20F2O2/c1-10(2)18-14(19-11(3)4)9-8-12-6-5-7-13(16)15(12)17/h5-11,14H,1-4H3/b9-8+. The molecule has 0 aliphatic rings. The van der Waals surface area contributed by atoms with Crippen molar-refractivity contribution in [3.8, 4) is 0 Å². The Labute approximate surface area is 113 Å². The zero-order chi connectivity index (χ0) is 14.4. The number of hydrogen-bond donors (Lipinski definition) is 0. The van der Waals surface area contributed by atoms with Crippen LogP contribution in [0.3, 0.4) is 0 Å². The van der Waals surface area contributed by atoms with E-state index in [4.69, 9.17) is 9.47 Å². The molecule has 0 aliphatic carbocycles. The summed E-state index contributed by atoms with van der Waals surface area (Å²) in [5, 5.41) is 0. The first-order valence-electron chi connectivity index (χ1n) is 6.33. The van der Waals surface area contributed by atoms with Crippen LogP contribution in [0.5, 0.6) is 0 Å². The van der Waals surface area contributed by atoms with Crippen molar-refractivity contribution in [3.63, 3.8) is 0 Å². The fraction of sp³-hybridized carbons (Fsp3) is 0.467. The van der Waals surface area contributed by atoms with Crippen LogP contribution in [-0.2, 0) is 9.47 Å². The molecule has 0 atom stereocenters. The lowest BCUT2D eigenvalue weighted by atomic mass is 10.2. The topological polar surface area (TPSA) is 18.5 Å². The molecule has 0 amide bonds. The number of halogens is 2. The summed E-state index contributed by atoms with van der Waals surface area (Å²) in [6.07, 6.45) is 2.42. The first-order valence-corrected chi connectivity index (χ1v) is 6.33. The van der Waals surface area contributed by atoms with E-state index in [0.29, 0.717) is 0 Å². The number of benzene rings is 1. The number of rotatable bonds is 6. The van der Waals surface area contributed by atoms with Crippen LogP contribution in [0.4, 0.5) is 8.78 Å². The van der Waals surface area contributed by atoms with E-state index in [1.54, 1.807) is 6.08 Å². The molecule has 0 heterocycles. The minimum Gasteiger partial charge on any atom is -0.346 e. The SMILES string of the molecule is CC(C)OC(/C=C/c1cccc(F)c1F)OC(C)C. The highest BCUT2D eigenvalue weighted by atomic mass is 19.2. The Kier molecular flexibility index (Phi) is 6.12. The molecule has 0 aromatic heterocycles. The van der Waals surface area contributed by atoms with Crippen molar-refractivity contribution in [3.05, 3.63) is 41.5 Å². The van der Waals surface area contributed by atoms with E-state index in [0.717, 1.165) is 6.07 Å². The van der Waals surface area contributed by atoms with Crippen LogP contribution in [-0.4, -0.2) is 18.5 Å². The highest BCUT2D eigenvalue weighted by Crippen LogP contribution is 2.14. The van der Waals surface area contributed by atoms with Gasteiger partial charge in [-0.3, -0.25) is 0 Å². The zero-order valence-corrected chi connectivity index (χ0v) is 11.7. The van der Waals surface area contributed by atoms with Crippen LogP contribution >= 0.6 is 0 Å². The van der Waals surface area contributed by atoms with Gasteiger partial charge in [0.05, 0.1) is 12.2 Å². The van der Waals surface area contributed by atoms with E-state index in [-0.39, 0.29) is 17.8 Å². The lowest BCUT2D eigenvalue weighted by Gasteiger charge is -2.20. The molecule has 0 saturated heterocycles. The maximum absolute atomic E-state index is 13.5. The van der Waals surface area contributed by atoms with Crippen molar-refractivity contribution < 1.29 is 18.3 Å². The Morgan fingerprint density at radius 3 is 2.11 bits per heavy atom. The smallest absolute Gasteiger partial charge is 0.177 e. The van der Waals surface area contributed by atoms with E-state index in [2.05, 4.69) is 0 Å². The van der Waals surface area contributed by atoms with Gasteiger partial charge in [-0.15, -0.1) is 0 Å². The Balaban J connectivity index is 2.82. The summed E-state index contributed by atoms with van der Waals surface area (Å²) in [4.78, 5) is 0. The van der Waals surface area contributed by atoms with Crippen molar-refractivity contribution >= 4 is 6.08 Å². The summed E-state index contributed by atoms with van der Waals surface area (Å²) < 4.78 is 37.6. The predicted molar refractivity (Wildman–Crippen MR) is 71.6 cm³/mol. The fourth-order valence-corrected chi connectivity index (χ4v) is 1.49. The van der Waals surface area contributed by atoms with Gasteiger partial charge in [0.15, 0.2) is 17.9 Å². The maximum atomic E-state index is 13.5. The van der Waals surface area contributed by atoms with Crippen LogP contribution in [0.1, 0.15) is 33.3 Å². The fourth-order valence-electron chi connectivity index (χ4n) is 1.49. The Bertz CT molecular complexity index is 418. The second-order valence-corrected chi connectivity index (χ2v) is 4.74. The number of ether oxygens (including phenoxy) is 2. The van der Waals surface area contributed by atoms with Gasteiger partial charge < -0.3 is 9.47 Å². The van der Waals surface area contributed by atoms with Crippen LogP contribution in [0, 0.1) is 11.6 Å². The molecule has 0 unspecified atom stereocenters. The maximum Gasteiger partial charge on any atom is 0.177 e. The van der Waals surface area contributed by atoms with Gasteiger partial charge in [-0.1, -0.05) is 18.2 Å². The molecule has 0 saturated carbocycles. The molecule has 0 N–H and O–H groups in total. The monoisotopic (exact) mass is 270 g/mol. The minimum absolute atomic E-state index is 0.0224. The Morgan fingerprint density at radius 2 is 1.58 bits per heavy atom. The molecule has 19 heavy (non-hydrogen) atoms. The normalized spacial score (nSPS) is 12.3. The van der Waals surface area contributed by atoms with Crippen molar-refractivity contribution in [2.75, 3.05) is 0 Å². The molecule has 4 heteroatoms. The molecule has 0 bridgehead atoms. The zero-order valence-electron chi connectivity index (χ0n) is 11.7. The quantitative estimate of drug-likeness (QED) is 0.723. The van der Waals surface area contributed by atoms with E-state index in [1.165, 1.54) is 18.2 Å². The molecule has 1 aromatic rings. The molecule has 1 aromatic carbocycles. The van der Waals surface area contributed by atoms with Gasteiger partial charge in [0.2, 0.25) is 0 Å². The first-order chi connectivity index (χ1) is 8.90. The third-order valence-electron chi connectivity index (χ3n) is 2.23. The van der Waals surface area contributed by atoms with E-state index >= 15 is 0 Å². The second-order valence-electron chi connectivity index (χ2n) is 4.74. The van der Waals surface area contributed by atoms with Gasteiger partial charge in [-0.2, -0.15) is 0 Å². The predicted octanol–water partition coefficient (Wildman–Crippen LogP) is 4.15. The van der Waals surface area contributed by atoms with Gasteiger partial charge >= 0.3 is 0 Å². The average molecular weight is 270 g/mol. The molecule has 106 valence electrons. The highest BCUT2D eigenvalue weighted by molar-refractivity contribution is 5.50. The summed E-state index contributed by atoms with van der Waals surface area (Å²) in [7, 11) is 0. The van der Waals surface area contributed by atoms with Crippen molar-refractivity contribution in [2.24, 2.45) is 0 Å². The largest absolute Gasteiger partial charge is 0.346 e. The summed E-state index contributed by atoms with van der Waals surface area (Å²) >= 11 is 0. The van der Waals surface area contributed by atoms with Gasteiger partial charge in [0.25, 0.3) is 0 Å². The minimum atomic E-state index is -0.869. The molecule has 0 radical (unpaired) electrons. The lowest BCUT2D eigenvalue weighted by molar-refractivity contribution is -0.152. The average Bonchev–Trinajstić information content (AvgIpc) is 2.29. The summed E-state index contributed by atoms with van der Waals surface area (Å²) in [6, 6.07) is 4.04. The molecule has 2 nitrogen and oxygen atoms in total. The Morgan fingerprint density at radius 1 is 1.00 bits per heavy atom. The van der Waals surface area contributed by atoms with Crippen molar-refractivity contribution in [1.82, 2.24) is 0 Å². The van der Waals surface area contributed by atoms with Crippen LogP contribution < -0.4 is 0 Å². The third kappa shape index (κ3) is 5.49. The van der Waals surface area contributed by atoms with Gasteiger partial charge in [-0.05, 0) is 39.8 Å². The molecule has 1 rings (SSSR count). The lowest BCUT2D eigenvalue weighted by Crippen LogP contribution is -2.22. The first kappa shape index (κ1) is 15.8. The van der Waals surface area contributed by atoms with Crippen LogP contribution in [0.25, 0.3) is 6.08 Å².